The number of rotatable bonds is 1. The number of nitriles is 1. The van der Waals surface area contributed by atoms with Crippen molar-refractivity contribution in [2.75, 3.05) is 13.1 Å². The van der Waals surface area contributed by atoms with Crippen LogP contribution in [0.15, 0.2) is 0 Å². The van der Waals surface area contributed by atoms with Gasteiger partial charge in [-0.05, 0) is 31.1 Å². The molecule has 0 spiro atoms. The van der Waals surface area contributed by atoms with Crippen LogP contribution < -0.4 is 0 Å². The van der Waals surface area contributed by atoms with Gasteiger partial charge in [-0.2, -0.15) is 5.26 Å². The van der Waals surface area contributed by atoms with Gasteiger partial charge in [-0.1, -0.05) is 13.8 Å². The lowest BCUT2D eigenvalue weighted by molar-refractivity contribution is -0.148. The number of nitrogens with zero attached hydrogens (tertiary/aromatic N) is 2. The first-order chi connectivity index (χ1) is 7.98. The number of hydrogen-bond donors (Lipinski definition) is 1. The number of carbonyl (C=O) groups is 1. The van der Waals surface area contributed by atoms with Crippen molar-refractivity contribution in [2.45, 2.75) is 39.2 Å². The molecule has 2 atom stereocenters. The highest BCUT2D eigenvalue weighted by atomic mass is 16.3. The number of aliphatic hydroxyl groups is 1. The van der Waals surface area contributed by atoms with E-state index in [4.69, 9.17) is 0 Å². The highest BCUT2D eigenvalue weighted by Gasteiger charge is 2.51. The Hall–Kier alpha value is -1.08. The van der Waals surface area contributed by atoms with Crippen molar-refractivity contribution in [3.63, 3.8) is 0 Å². The average molecular weight is 236 g/mol. The van der Waals surface area contributed by atoms with Crippen LogP contribution in [0.5, 0.6) is 0 Å². The minimum atomic E-state index is -0.762. The van der Waals surface area contributed by atoms with Gasteiger partial charge in [0.1, 0.15) is 5.41 Å². The van der Waals surface area contributed by atoms with Crippen LogP contribution in [-0.4, -0.2) is 35.1 Å². The lowest BCUT2D eigenvalue weighted by Crippen LogP contribution is -2.54. The van der Waals surface area contributed by atoms with E-state index in [2.05, 4.69) is 13.0 Å². The molecular formula is C13H20N2O2. The number of aliphatic hydroxyl groups excluding tert-OH is 1. The summed E-state index contributed by atoms with van der Waals surface area (Å²) in [6.07, 6.45) is 1.70. The summed E-state index contributed by atoms with van der Waals surface area (Å²) in [4.78, 5) is 14.1. The fraction of sp³-hybridized carbons (Fsp3) is 0.846. The molecule has 2 unspecified atom stereocenters. The maximum atomic E-state index is 12.4. The normalized spacial score (nSPS) is 41.5. The van der Waals surface area contributed by atoms with Gasteiger partial charge in [0.15, 0.2) is 0 Å². The predicted molar refractivity (Wildman–Crippen MR) is 62.8 cm³/mol. The van der Waals surface area contributed by atoms with Gasteiger partial charge in [-0.15, -0.1) is 0 Å². The highest BCUT2D eigenvalue weighted by molar-refractivity contribution is 5.86. The van der Waals surface area contributed by atoms with Crippen molar-refractivity contribution in [1.82, 2.24) is 4.90 Å². The van der Waals surface area contributed by atoms with E-state index in [0.717, 1.165) is 0 Å². The van der Waals surface area contributed by atoms with E-state index < -0.39 is 5.41 Å². The smallest absolute Gasteiger partial charge is 0.243 e. The molecular weight excluding hydrogens is 216 g/mol. The molecule has 1 aliphatic carbocycles. The van der Waals surface area contributed by atoms with Gasteiger partial charge >= 0.3 is 0 Å². The van der Waals surface area contributed by atoms with Crippen molar-refractivity contribution in [1.29, 1.82) is 5.26 Å². The van der Waals surface area contributed by atoms with Crippen LogP contribution in [0, 0.1) is 28.6 Å². The molecule has 1 amide bonds. The number of hydrogen-bond acceptors (Lipinski definition) is 3. The Morgan fingerprint density at radius 1 is 1.47 bits per heavy atom. The predicted octanol–water partition coefficient (Wildman–Crippen LogP) is 1.16. The third-order valence-corrected chi connectivity index (χ3v) is 4.16. The van der Waals surface area contributed by atoms with E-state index in [1.165, 1.54) is 0 Å². The molecule has 2 aliphatic rings. The van der Waals surface area contributed by atoms with Crippen LogP contribution in [0.25, 0.3) is 0 Å². The second kappa shape index (κ2) is 4.30. The Labute approximate surface area is 102 Å². The van der Waals surface area contributed by atoms with Crippen molar-refractivity contribution in [3.8, 4) is 6.07 Å². The summed E-state index contributed by atoms with van der Waals surface area (Å²) in [5.41, 5.74) is -0.762. The molecule has 1 aliphatic heterocycles. The fourth-order valence-corrected chi connectivity index (χ4v) is 3.06. The largest absolute Gasteiger partial charge is 0.393 e. The summed E-state index contributed by atoms with van der Waals surface area (Å²) in [5, 5.41) is 18.9. The Balaban J connectivity index is 2.04. The highest BCUT2D eigenvalue weighted by Crippen LogP contribution is 2.46. The van der Waals surface area contributed by atoms with Gasteiger partial charge in [-0.3, -0.25) is 4.79 Å². The third kappa shape index (κ3) is 2.04. The molecule has 1 saturated carbocycles. The van der Waals surface area contributed by atoms with E-state index >= 15 is 0 Å². The first-order valence-electron chi connectivity index (χ1n) is 6.37. The van der Waals surface area contributed by atoms with Gasteiger partial charge in [0.05, 0.1) is 12.2 Å². The fourth-order valence-electron chi connectivity index (χ4n) is 3.06. The number of amides is 1. The summed E-state index contributed by atoms with van der Waals surface area (Å²) in [7, 11) is 0. The number of piperidine rings is 1. The summed E-state index contributed by atoms with van der Waals surface area (Å²) < 4.78 is 0. The first-order valence-corrected chi connectivity index (χ1v) is 6.37. The zero-order valence-corrected chi connectivity index (χ0v) is 10.5. The second-order valence-corrected chi connectivity index (χ2v) is 5.79. The van der Waals surface area contributed by atoms with Crippen molar-refractivity contribution in [2.24, 2.45) is 17.3 Å². The molecule has 0 radical (unpaired) electrons. The second-order valence-electron chi connectivity index (χ2n) is 5.79. The molecule has 0 aromatic carbocycles. The van der Waals surface area contributed by atoms with Crippen molar-refractivity contribution < 1.29 is 9.90 Å². The SMILES string of the molecule is CC1CC(C#N)(C(=O)N2CCC(O)C(C)C2)C1. The molecule has 4 nitrogen and oxygen atoms in total. The minimum absolute atomic E-state index is 0.0168. The van der Waals surface area contributed by atoms with Gasteiger partial charge in [0.2, 0.25) is 5.91 Å². The molecule has 94 valence electrons. The maximum absolute atomic E-state index is 12.4. The van der Waals surface area contributed by atoms with E-state index in [-0.39, 0.29) is 17.9 Å². The van der Waals surface area contributed by atoms with E-state index in [1.54, 1.807) is 4.90 Å². The average Bonchev–Trinajstić information content (AvgIpc) is 2.27. The summed E-state index contributed by atoms with van der Waals surface area (Å²) in [6.45, 7) is 5.19. The van der Waals surface area contributed by atoms with Crippen LogP contribution in [0.3, 0.4) is 0 Å². The molecule has 2 fully saturated rings. The van der Waals surface area contributed by atoms with E-state index in [0.29, 0.717) is 38.3 Å². The maximum Gasteiger partial charge on any atom is 0.243 e. The Morgan fingerprint density at radius 2 is 2.12 bits per heavy atom. The molecule has 1 heterocycles. The van der Waals surface area contributed by atoms with Gasteiger partial charge in [0.25, 0.3) is 0 Å². The molecule has 0 bridgehead atoms. The summed E-state index contributed by atoms with van der Waals surface area (Å²) in [5.74, 6) is 0.573. The molecule has 17 heavy (non-hydrogen) atoms. The number of likely N-dealkylation sites (tertiary alicyclic amines) is 1. The quantitative estimate of drug-likeness (QED) is 0.743. The zero-order valence-electron chi connectivity index (χ0n) is 10.5. The number of carbonyl (C=O) groups excluding carboxylic acids is 1. The van der Waals surface area contributed by atoms with Crippen LogP contribution in [0.4, 0.5) is 0 Å². The molecule has 0 aromatic rings. The van der Waals surface area contributed by atoms with Crippen molar-refractivity contribution >= 4 is 5.91 Å². The Kier molecular flexibility index (Phi) is 3.13. The minimum Gasteiger partial charge on any atom is -0.393 e. The van der Waals surface area contributed by atoms with Crippen LogP contribution in [0.1, 0.15) is 33.1 Å². The standard InChI is InChI=1S/C13H20N2O2/c1-9-5-13(6-9,8-14)12(17)15-4-3-11(16)10(2)7-15/h9-11,16H,3-7H2,1-2H3. The first kappa shape index (κ1) is 12.4. The molecule has 1 saturated heterocycles. The van der Waals surface area contributed by atoms with Crippen LogP contribution in [0.2, 0.25) is 0 Å². The van der Waals surface area contributed by atoms with E-state index in [1.807, 2.05) is 6.92 Å². The molecule has 0 aromatic heterocycles. The lowest BCUT2D eigenvalue weighted by atomic mass is 9.62. The summed E-state index contributed by atoms with van der Waals surface area (Å²) in [6, 6.07) is 2.21. The summed E-state index contributed by atoms with van der Waals surface area (Å²) >= 11 is 0. The Bertz CT molecular complexity index is 355. The zero-order chi connectivity index (χ0) is 12.6. The third-order valence-electron chi connectivity index (χ3n) is 4.16. The van der Waals surface area contributed by atoms with E-state index in [9.17, 15) is 15.2 Å². The van der Waals surface area contributed by atoms with Gasteiger partial charge in [0, 0.05) is 13.1 Å². The van der Waals surface area contributed by atoms with Gasteiger partial charge in [-0.25, -0.2) is 0 Å². The monoisotopic (exact) mass is 236 g/mol. The molecule has 2 rings (SSSR count). The topological polar surface area (TPSA) is 64.3 Å². The molecule has 4 heteroatoms. The Morgan fingerprint density at radius 3 is 2.59 bits per heavy atom. The van der Waals surface area contributed by atoms with Gasteiger partial charge < -0.3 is 10.0 Å². The van der Waals surface area contributed by atoms with Crippen LogP contribution in [-0.2, 0) is 4.79 Å². The molecule has 1 N–H and O–H groups in total. The van der Waals surface area contributed by atoms with Crippen molar-refractivity contribution in [3.05, 3.63) is 0 Å². The lowest BCUT2D eigenvalue weighted by Gasteiger charge is -2.44. The van der Waals surface area contributed by atoms with Crippen LogP contribution >= 0.6 is 0 Å².